The van der Waals surface area contributed by atoms with Crippen molar-refractivity contribution in [3.63, 3.8) is 0 Å². The number of rotatable bonds is 5. The first-order valence-corrected chi connectivity index (χ1v) is 8.59. The number of amides is 1. The predicted octanol–water partition coefficient (Wildman–Crippen LogP) is 3.22. The summed E-state index contributed by atoms with van der Waals surface area (Å²) < 4.78 is 18.6. The molecule has 2 aromatic heterocycles. The van der Waals surface area contributed by atoms with E-state index in [4.69, 9.17) is 16.0 Å². The Morgan fingerprint density at radius 2 is 2.04 bits per heavy atom. The zero-order chi connectivity index (χ0) is 19.6. The zero-order valence-corrected chi connectivity index (χ0v) is 15.5. The second-order valence-electron chi connectivity index (χ2n) is 5.97. The maximum Gasteiger partial charge on any atom is 0.338 e. The Kier molecular flexibility index (Phi) is 5.41. The van der Waals surface area contributed by atoms with E-state index in [1.807, 2.05) is 0 Å². The standard InChI is InChI=1S/C19H17ClFN3O3/c1-22-17(25)7-8-24(2)16-6-5-13-14(10-18(26)27-19(13)23-16)12-4-3-11(21)9-15(12)20/h3-6,9-10H,7-8H2,1-2H3,(H,22,25). The van der Waals surface area contributed by atoms with Crippen molar-refractivity contribution in [2.24, 2.45) is 0 Å². The summed E-state index contributed by atoms with van der Waals surface area (Å²) in [5.74, 6) is 0.00786. The Morgan fingerprint density at radius 1 is 1.26 bits per heavy atom. The third kappa shape index (κ3) is 4.09. The van der Waals surface area contributed by atoms with E-state index in [1.165, 1.54) is 24.3 Å². The van der Waals surface area contributed by atoms with Gasteiger partial charge in [-0.25, -0.2) is 9.18 Å². The van der Waals surface area contributed by atoms with Crippen LogP contribution in [0, 0.1) is 5.82 Å². The molecule has 0 bridgehead atoms. The number of nitrogens with zero attached hydrogens (tertiary/aromatic N) is 2. The van der Waals surface area contributed by atoms with Gasteiger partial charge in [-0.3, -0.25) is 4.79 Å². The van der Waals surface area contributed by atoms with Crippen molar-refractivity contribution in [3.8, 4) is 11.1 Å². The molecular formula is C19H17ClFN3O3. The number of carbonyl (C=O) groups excluding carboxylic acids is 1. The molecule has 6 nitrogen and oxygen atoms in total. The van der Waals surface area contributed by atoms with Crippen LogP contribution in [-0.4, -0.2) is 31.5 Å². The first-order chi connectivity index (χ1) is 12.9. The normalized spacial score (nSPS) is 10.8. The van der Waals surface area contributed by atoms with Crippen molar-refractivity contribution in [1.82, 2.24) is 10.3 Å². The first-order valence-electron chi connectivity index (χ1n) is 8.21. The van der Waals surface area contributed by atoms with Crippen LogP contribution in [0.5, 0.6) is 0 Å². The highest BCUT2D eigenvalue weighted by atomic mass is 35.5. The Hall–Kier alpha value is -2.93. The molecule has 27 heavy (non-hydrogen) atoms. The molecule has 0 radical (unpaired) electrons. The molecule has 140 valence electrons. The van der Waals surface area contributed by atoms with Gasteiger partial charge in [0.1, 0.15) is 11.6 Å². The lowest BCUT2D eigenvalue weighted by Crippen LogP contribution is -2.26. The third-order valence-corrected chi connectivity index (χ3v) is 4.47. The fraction of sp³-hybridized carbons (Fsp3) is 0.211. The fourth-order valence-corrected chi connectivity index (χ4v) is 2.95. The quantitative estimate of drug-likeness (QED) is 0.725. The minimum Gasteiger partial charge on any atom is -0.404 e. The summed E-state index contributed by atoms with van der Waals surface area (Å²) in [4.78, 5) is 29.6. The number of fused-ring (bicyclic) bond motifs is 1. The molecule has 0 spiro atoms. The monoisotopic (exact) mass is 389 g/mol. The second-order valence-corrected chi connectivity index (χ2v) is 6.38. The van der Waals surface area contributed by atoms with Crippen molar-refractivity contribution in [1.29, 1.82) is 0 Å². The Morgan fingerprint density at radius 3 is 2.74 bits per heavy atom. The number of halogens is 2. The maximum atomic E-state index is 13.3. The average Bonchev–Trinajstić information content (AvgIpc) is 2.64. The van der Waals surface area contributed by atoms with Crippen LogP contribution in [0.1, 0.15) is 6.42 Å². The van der Waals surface area contributed by atoms with E-state index in [0.717, 1.165) is 0 Å². The summed E-state index contributed by atoms with van der Waals surface area (Å²) in [5.41, 5.74) is 0.578. The lowest BCUT2D eigenvalue weighted by molar-refractivity contribution is -0.120. The topological polar surface area (TPSA) is 75.4 Å². The Balaban J connectivity index is 2.03. The minimum absolute atomic E-state index is 0.0811. The molecule has 1 N–H and O–H groups in total. The molecule has 3 rings (SSSR count). The number of aromatic nitrogens is 1. The van der Waals surface area contributed by atoms with Crippen LogP contribution < -0.4 is 15.8 Å². The molecule has 1 amide bonds. The minimum atomic E-state index is -0.587. The van der Waals surface area contributed by atoms with Gasteiger partial charge in [-0.05, 0) is 30.3 Å². The van der Waals surface area contributed by atoms with Crippen molar-refractivity contribution in [2.45, 2.75) is 6.42 Å². The predicted molar refractivity (Wildman–Crippen MR) is 103 cm³/mol. The van der Waals surface area contributed by atoms with Gasteiger partial charge in [0.05, 0.1) is 5.02 Å². The molecule has 1 aromatic carbocycles. The number of benzene rings is 1. The van der Waals surface area contributed by atoms with Crippen LogP contribution >= 0.6 is 11.6 Å². The molecule has 8 heteroatoms. The van der Waals surface area contributed by atoms with Gasteiger partial charge in [0.25, 0.3) is 0 Å². The summed E-state index contributed by atoms with van der Waals surface area (Å²) in [5, 5.41) is 3.32. The number of pyridine rings is 1. The summed E-state index contributed by atoms with van der Waals surface area (Å²) in [6.45, 7) is 0.450. The fourth-order valence-electron chi connectivity index (χ4n) is 2.69. The van der Waals surface area contributed by atoms with Gasteiger partial charge in [-0.2, -0.15) is 4.98 Å². The number of hydrogen-bond acceptors (Lipinski definition) is 5. The number of nitrogens with one attached hydrogen (secondary N) is 1. The molecule has 0 aliphatic carbocycles. The maximum absolute atomic E-state index is 13.3. The van der Waals surface area contributed by atoms with Crippen molar-refractivity contribution in [2.75, 3.05) is 25.5 Å². The molecule has 0 atom stereocenters. The van der Waals surface area contributed by atoms with Crippen LogP contribution in [0.25, 0.3) is 22.2 Å². The van der Waals surface area contributed by atoms with E-state index in [0.29, 0.717) is 35.3 Å². The SMILES string of the molecule is CNC(=O)CCN(C)c1ccc2c(-c3ccc(F)cc3Cl)cc(=O)oc2n1. The van der Waals surface area contributed by atoms with Gasteiger partial charge < -0.3 is 14.6 Å². The van der Waals surface area contributed by atoms with Crippen LogP contribution in [0.4, 0.5) is 10.2 Å². The molecule has 0 unspecified atom stereocenters. The van der Waals surface area contributed by atoms with Crippen LogP contribution in [0.3, 0.4) is 0 Å². The zero-order valence-electron chi connectivity index (χ0n) is 14.8. The summed E-state index contributed by atoms with van der Waals surface area (Å²) in [6.07, 6.45) is 0.307. The van der Waals surface area contributed by atoms with Crippen LogP contribution in [0.2, 0.25) is 5.02 Å². The van der Waals surface area contributed by atoms with E-state index in [-0.39, 0.29) is 16.6 Å². The molecule has 0 saturated carbocycles. The van der Waals surface area contributed by atoms with E-state index in [9.17, 15) is 14.0 Å². The average molecular weight is 390 g/mol. The summed E-state index contributed by atoms with van der Waals surface area (Å²) in [6, 6.07) is 8.79. The van der Waals surface area contributed by atoms with Crippen molar-refractivity contribution < 1.29 is 13.6 Å². The molecule has 0 aliphatic rings. The molecular weight excluding hydrogens is 373 g/mol. The first kappa shape index (κ1) is 18.8. The second kappa shape index (κ2) is 7.75. The van der Waals surface area contributed by atoms with Crippen molar-refractivity contribution >= 4 is 34.4 Å². The molecule has 0 aliphatic heterocycles. The molecule has 0 saturated heterocycles. The van der Waals surface area contributed by atoms with E-state index in [1.54, 1.807) is 31.1 Å². The highest BCUT2D eigenvalue weighted by Crippen LogP contribution is 2.33. The van der Waals surface area contributed by atoms with E-state index in [2.05, 4.69) is 10.3 Å². The smallest absolute Gasteiger partial charge is 0.338 e. The lowest BCUT2D eigenvalue weighted by atomic mass is 10.0. The van der Waals surface area contributed by atoms with Crippen LogP contribution in [-0.2, 0) is 4.79 Å². The largest absolute Gasteiger partial charge is 0.404 e. The number of anilines is 1. The van der Waals surface area contributed by atoms with Gasteiger partial charge >= 0.3 is 5.63 Å². The Bertz CT molecular complexity index is 1070. The number of hydrogen-bond donors (Lipinski definition) is 1. The highest BCUT2D eigenvalue weighted by molar-refractivity contribution is 6.33. The van der Waals surface area contributed by atoms with Crippen LogP contribution in [0.15, 0.2) is 45.6 Å². The Labute approximate surface area is 159 Å². The molecule has 3 aromatic rings. The summed E-state index contributed by atoms with van der Waals surface area (Å²) >= 11 is 6.14. The van der Waals surface area contributed by atoms with E-state index < -0.39 is 11.4 Å². The highest BCUT2D eigenvalue weighted by Gasteiger charge is 2.14. The lowest BCUT2D eigenvalue weighted by Gasteiger charge is -2.18. The van der Waals surface area contributed by atoms with Gasteiger partial charge in [-0.1, -0.05) is 11.6 Å². The number of carbonyl (C=O) groups is 1. The van der Waals surface area contributed by atoms with Gasteiger partial charge in [0.2, 0.25) is 11.6 Å². The molecule has 0 fully saturated rings. The van der Waals surface area contributed by atoms with Gasteiger partial charge in [-0.15, -0.1) is 0 Å². The summed E-state index contributed by atoms with van der Waals surface area (Å²) in [7, 11) is 3.36. The van der Waals surface area contributed by atoms with Crippen molar-refractivity contribution in [3.05, 3.63) is 57.7 Å². The molecule has 2 heterocycles. The van der Waals surface area contributed by atoms with Gasteiger partial charge in [0, 0.05) is 49.6 Å². The van der Waals surface area contributed by atoms with E-state index >= 15 is 0 Å². The third-order valence-electron chi connectivity index (χ3n) is 4.16. The van der Waals surface area contributed by atoms with Gasteiger partial charge in [0.15, 0.2) is 0 Å².